The van der Waals surface area contributed by atoms with Gasteiger partial charge in [-0.2, -0.15) is 0 Å². The van der Waals surface area contributed by atoms with Crippen molar-refractivity contribution >= 4 is 23.9 Å². The van der Waals surface area contributed by atoms with Gasteiger partial charge in [0.1, 0.15) is 24.2 Å². The van der Waals surface area contributed by atoms with Gasteiger partial charge < -0.3 is 20.1 Å². The van der Waals surface area contributed by atoms with Crippen LogP contribution in [0.3, 0.4) is 0 Å². The number of nitrogens with one attached hydrogen (secondary N) is 1. The lowest BCUT2D eigenvalue weighted by Gasteiger charge is -2.32. The molecule has 0 heterocycles. The van der Waals surface area contributed by atoms with E-state index in [1.807, 2.05) is 27.7 Å². The maximum Gasteiger partial charge on any atom is 0.410 e. The number of hydrogen-bond acceptors (Lipinski definition) is 5. The minimum Gasteiger partial charge on any atom is -0.480 e. The third-order valence-electron chi connectivity index (χ3n) is 4.22. The molecule has 2 atom stereocenters. The van der Waals surface area contributed by atoms with Crippen molar-refractivity contribution in [3.05, 3.63) is 0 Å². The number of likely N-dealkylation sites (N-methyl/N-ethyl adjacent to an activating group) is 2. The summed E-state index contributed by atoms with van der Waals surface area (Å²) in [5, 5.41) is 11.7. The van der Waals surface area contributed by atoms with E-state index in [2.05, 4.69) is 5.32 Å². The van der Waals surface area contributed by atoms with Gasteiger partial charge in [0.25, 0.3) is 0 Å². The van der Waals surface area contributed by atoms with Crippen LogP contribution in [0.1, 0.15) is 61.3 Å². The van der Waals surface area contributed by atoms with Crippen molar-refractivity contribution < 1.29 is 29.0 Å². The second-order valence-electron chi connectivity index (χ2n) is 9.52. The molecule has 30 heavy (non-hydrogen) atoms. The molecular weight excluding hydrogens is 390 g/mol. The number of ether oxygens (including phenoxy) is 1. The van der Waals surface area contributed by atoms with Crippen molar-refractivity contribution in [2.24, 2.45) is 11.8 Å². The summed E-state index contributed by atoms with van der Waals surface area (Å²) in [4.78, 5) is 51.6. The molecule has 0 bridgehead atoms. The number of carbonyl (C=O) groups is 4. The second-order valence-corrected chi connectivity index (χ2v) is 9.52. The molecule has 0 aliphatic rings. The molecule has 0 saturated carbocycles. The molecule has 0 saturated heterocycles. The fraction of sp³-hybridized carbons (Fsp3) is 0.810. The summed E-state index contributed by atoms with van der Waals surface area (Å²) in [6.45, 7) is 12.4. The third kappa shape index (κ3) is 10.5. The second kappa shape index (κ2) is 11.8. The Kier molecular flexibility index (Phi) is 10.9. The monoisotopic (exact) mass is 429 g/mol. The Morgan fingerprint density at radius 3 is 1.87 bits per heavy atom. The topological polar surface area (TPSA) is 116 Å². The molecule has 0 aromatic rings. The van der Waals surface area contributed by atoms with E-state index in [1.54, 1.807) is 20.8 Å². The van der Waals surface area contributed by atoms with E-state index in [0.717, 1.165) is 4.90 Å². The predicted octanol–water partition coefficient (Wildman–Crippen LogP) is 2.34. The van der Waals surface area contributed by atoms with Gasteiger partial charge in [0.05, 0.1) is 0 Å². The molecule has 2 N–H and O–H groups in total. The van der Waals surface area contributed by atoms with Gasteiger partial charge in [-0.05, 0) is 45.4 Å². The lowest BCUT2D eigenvalue weighted by molar-refractivity contribution is -0.145. The maximum atomic E-state index is 13.1. The number of aliphatic carboxylic acids is 1. The molecule has 0 spiro atoms. The van der Waals surface area contributed by atoms with Crippen LogP contribution in [-0.2, 0) is 19.1 Å². The Bertz CT molecular complexity index is 612. The smallest absolute Gasteiger partial charge is 0.410 e. The molecule has 0 unspecified atom stereocenters. The summed E-state index contributed by atoms with van der Waals surface area (Å²) in [7, 11) is 2.88. The molecule has 9 nitrogen and oxygen atoms in total. The quantitative estimate of drug-likeness (QED) is 0.551. The van der Waals surface area contributed by atoms with Crippen LogP contribution in [0.15, 0.2) is 0 Å². The van der Waals surface area contributed by atoms with Gasteiger partial charge in [0, 0.05) is 14.1 Å². The first kappa shape index (κ1) is 27.7. The molecule has 0 aliphatic heterocycles. The number of nitrogens with zero attached hydrogens (tertiary/aromatic N) is 2. The summed E-state index contributed by atoms with van der Waals surface area (Å²) in [6.07, 6.45) is 0.104. The van der Waals surface area contributed by atoms with Crippen molar-refractivity contribution in [2.75, 3.05) is 20.6 Å². The van der Waals surface area contributed by atoms with Crippen molar-refractivity contribution in [1.29, 1.82) is 0 Å². The first-order chi connectivity index (χ1) is 13.5. The lowest BCUT2D eigenvalue weighted by atomic mass is 9.99. The molecule has 0 rings (SSSR count). The highest BCUT2D eigenvalue weighted by Crippen LogP contribution is 2.17. The molecule has 0 aromatic heterocycles. The molecule has 3 amide bonds. The number of hydrogen-bond donors (Lipinski definition) is 2. The van der Waals surface area contributed by atoms with E-state index in [1.165, 1.54) is 19.0 Å². The summed E-state index contributed by atoms with van der Waals surface area (Å²) in [5.41, 5.74) is -0.708. The Hall–Kier alpha value is -2.32. The van der Waals surface area contributed by atoms with Crippen LogP contribution < -0.4 is 5.32 Å². The van der Waals surface area contributed by atoms with Crippen LogP contribution in [0.2, 0.25) is 0 Å². The van der Waals surface area contributed by atoms with Crippen LogP contribution in [0.25, 0.3) is 0 Å². The predicted molar refractivity (Wildman–Crippen MR) is 114 cm³/mol. The van der Waals surface area contributed by atoms with Crippen LogP contribution in [0.4, 0.5) is 4.79 Å². The highest BCUT2D eigenvalue weighted by molar-refractivity contribution is 5.92. The van der Waals surface area contributed by atoms with Gasteiger partial charge in [0.2, 0.25) is 11.8 Å². The van der Waals surface area contributed by atoms with Crippen LogP contribution in [-0.4, -0.2) is 77.1 Å². The molecular formula is C21H39N3O6. The van der Waals surface area contributed by atoms with E-state index in [9.17, 15) is 19.2 Å². The van der Waals surface area contributed by atoms with E-state index in [4.69, 9.17) is 9.84 Å². The average Bonchev–Trinajstić information content (AvgIpc) is 2.54. The minimum atomic E-state index is -1.14. The van der Waals surface area contributed by atoms with Gasteiger partial charge in [-0.25, -0.2) is 4.79 Å². The number of carboxylic acid groups (broad SMARTS) is 1. The van der Waals surface area contributed by atoms with E-state index < -0.39 is 48.1 Å². The lowest BCUT2D eigenvalue weighted by Crippen LogP contribution is -2.55. The zero-order chi connectivity index (χ0) is 23.8. The Morgan fingerprint density at radius 1 is 0.967 bits per heavy atom. The van der Waals surface area contributed by atoms with E-state index in [-0.39, 0.29) is 11.8 Å². The van der Waals surface area contributed by atoms with Gasteiger partial charge in [-0.3, -0.25) is 19.3 Å². The Labute approximate surface area is 180 Å². The third-order valence-corrected chi connectivity index (χ3v) is 4.22. The van der Waals surface area contributed by atoms with Crippen molar-refractivity contribution in [3.8, 4) is 0 Å². The minimum absolute atomic E-state index is 0.0876. The molecule has 0 aromatic carbocycles. The SMILES string of the molecule is CC(C)C[C@H](NC(=O)[C@H](CC(C)C)N(C)C(=O)OC(C)(C)C)C(=O)N(C)CC(=O)O. The van der Waals surface area contributed by atoms with E-state index >= 15 is 0 Å². The summed E-state index contributed by atoms with van der Waals surface area (Å²) >= 11 is 0. The van der Waals surface area contributed by atoms with Crippen LogP contribution in [0.5, 0.6) is 0 Å². The fourth-order valence-electron chi connectivity index (χ4n) is 2.86. The van der Waals surface area contributed by atoms with Crippen molar-refractivity contribution in [1.82, 2.24) is 15.1 Å². The molecule has 0 radical (unpaired) electrons. The highest BCUT2D eigenvalue weighted by atomic mass is 16.6. The standard InChI is InChI=1S/C21H39N3O6/c1-13(2)10-15(19(28)23(8)12-17(25)26)22-18(27)16(11-14(3)4)24(9)20(29)30-21(5,6)7/h13-16H,10-12H2,1-9H3,(H,22,27)(H,25,26)/t15-,16-/m0/s1. The number of amides is 3. The summed E-state index contributed by atoms with van der Waals surface area (Å²) in [5.74, 6) is -1.89. The summed E-state index contributed by atoms with van der Waals surface area (Å²) in [6, 6.07) is -1.71. The molecule has 174 valence electrons. The van der Waals surface area contributed by atoms with Crippen molar-refractivity contribution in [3.63, 3.8) is 0 Å². The van der Waals surface area contributed by atoms with Gasteiger partial charge in [-0.15, -0.1) is 0 Å². The fourth-order valence-corrected chi connectivity index (χ4v) is 2.86. The Morgan fingerprint density at radius 2 is 1.47 bits per heavy atom. The van der Waals surface area contributed by atoms with E-state index in [0.29, 0.717) is 12.8 Å². The zero-order valence-corrected chi connectivity index (χ0v) is 19.8. The van der Waals surface area contributed by atoms with Crippen LogP contribution >= 0.6 is 0 Å². The normalized spacial score (nSPS) is 13.6. The molecule has 0 aliphatic carbocycles. The zero-order valence-electron chi connectivity index (χ0n) is 19.8. The Balaban J connectivity index is 5.58. The first-order valence-electron chi connectivity index (χ1n) is 10.3. The molecule has 0 fully saturated rings. The highest BCUT2D eigenvalue weighted by Gasteiger charge is 2.34. The summed E-state index contributed by atoms with van der Waals surface area (Å²) < 4.78 is 5.38. The van der Waals surface area contributed by atoms with Crippen molar-refractivity contribution in [2.45, 2.75) is 79.0 Å². The first-order valence-corrected chi connectivity index (χ1v) is 10.3. The van der Waals surface area contributed by atoms with Crippen LogP contribution in [0, 0.1) is 11.8 Å². The number of carbonyl (C=O) groups excluding carboxylic acids is 3. The molecule has 9 heteroatoms. The maximum absolute atomic E-state index is 13.1. The number of rotatable bonds is 10. The van der Waals surface area contributed by atoms with Gasteiger partial charge in [0.15, 0.2) is 0 Å². The average molecular weight is 430 g/mol. The van der Waals surface area contributed by atoms with Gasteiger partial charge >= 0.3 is 12.1 Å². The number of carboxylic acids is 1. The van der Waals surface area contributed by atoms with Gasteiger partial charge in [-0.1, -0.05) is 27.7 Å². The largest absolute Gasteiger partial charge is 0.480 e.